The highest BCUT2D eigenvalue weighted by atomic mass is 16.2. The first kappa shape index (κ1) is 20.1. The molecule has 152 valence electrons. The third kappa shape index (κ3) is 5.21. The maximum atomic E-state index is 12.8. The Balaban J connectivity index is 1.48. The van der Waals surface area contributed by atoms with Gasteiger partial charge in [0.2, 0.25) is 17.7 Å². The number of nitrogens with one attached hydrogen (secondary N) is 1. The van der Waals surface area contributed by atoms with Crippen LogP contribution in [0.4, 0.5) is 0 Å². The fourth-order valence-corrected chi connectivity index (χ4v) is 4.54. The first-order chi connectivity index (χ1) is 12.9. The molecular formula is C20H34N4O3. The van der Waals surface area contributed by atoms with Gasteiger partial charge in [0.05, 0.1) is 12.5 Å². The molecule has 0 spiro atoms. The highest BCUT2D eigenvalue weighted by molar-refractivity contribution is 5.88. The van der Waals surface area contributed by atoms with Gasteiger partial charge in [-0.05, 0) is 31.1 Å². The van der Waals surface area contributed by atoms with Gasteiger partial charge in [0, 0.05) is 52.2 Å². The molecule has 7 heteroatoms. The fourth-order valence-electron chi connectivity index (χ4n) is 4.54. The molecule has 0 aliphatic carbocycles. The van der Waals surface area contributed by atoms with Crippen LogP contribution in [-0.4, -0.2) is 84.3 Å². The molecule has 3 saturated heterocycles. The van der Waals surface area contributed by atoms with Crippen LogP contribution in [-0.2, 0) is 14.4 Å². The molecule has 0 unspecified atom stereocenters. The zero-order chi connectivity index (χ0) is 19.4. The van der Waals surface area contributed by atoms with Gasteiger partial charge in [0.25, 0.3) is 0 Å². The van der Waals surface area contributed by atoms with Crippen molar-refractivity contribution in [2.45, 2.75) is 52.0 Å². The third-order valence-corrected chi connectivity index (χ3v) is 6.03. The molecule has 7 nitrogen and oxygen atoms in total. The molecule has 3 rings (SSSR count). The van der Waals surface area contributed by atoms with Gasteiger partial charge in [-0.3, -0.25) is 19.3 Å². The van der Waals surface area contributed by atoms with E-state index in [0.29, 0.717) is 24.8 Å². The van der Waals surface area contributed by atoms with Gasteiger partial charge < -0.3 is 15.1 Å². The lowest BCUT2D eigenvalue weighted by atomic mass is 9.95. The Labute approximate surface area is 162 Å². The number of carbonyl (C=O) groups is 3. The molecule has 3 amide bonds. The minimum Gasteiger partial charge on any atom is -0.353 e. The summed E-state index contributed by atoms with van der Waals surface area (Å²) >= 11 is 0. The van der Waals surface area contributed by atoms with Crippen molar-refractivity contribution in [3.8, 4) is 0 Å². The van der Waals surface area contributed by atoms with Crippen molar-refractivity contribution in [3.05, 3.63) is 0 Å². The Bertz CT molecular complexity index is 557. The molecule has 3 heterocycles. The fraction of sp³-hybridized carbons (Fsp3) is 0.850. The second kappa shape index (κ2) is 9.04. The highest BCUT2D eigenvalue weighted by Crippen LogP contribution is 2.22. The standard InChI is InChI=1S/C20H34N4O3/c1-15(2)13-23-11-7-21-20(27)17(23)12-19(26)22-9-5-16(6-10-22)14-24-8-3-4-18(24)25/h15-17H,3-14H2,1-2H3,(H,21,27)/t17-/m1/s1. The van der Waals surface area contributed by atoms with Gasteiger partial charge >= 0.3 is 0 Å². The second-order valence-corrected chi connectivity index (χ2v) is 8.67. The normalized spacial score (nSPS) is 25.4. The summed E-state index contributed by atoms with van der Waals surface area (Å²) < 4.78 is 0. The van der Waals surface area contributed by atoms with Crippen LogP contribution in [0.15, 0.2) is 0 Å². The SMILES string of the molecule is CC(C)CN1CCNC(=O)[C@H]1CC(=O)N1CCC(CN2CCCC2=O)CC1. The predicted octanol–water partition coefficient (Wildman–Crippen LogP) is 0.694. The molecule has 0 aromatic rings. The van der Waals surface area contributed by atoms with E-state index in [4.69, 9.17) is 0 Å². The number of hydrogen-bond acceptors (Lipinski definition) is 4. The average molecular weight is 379 g/mol. The Morgan fingerprint density at radius 3 is 2.52 bits per heavy atom. The van der Waals surface area contributed by atoms with E-state index in [0.717, 1.165) is 58.5 Å². The van der Waals surface area contributed by atoms with Gasteiger partial charge in [-0.15, -0.1) is 0 Å². The summed E-state index contributed by atoms with van der Waals surface area (Å²) in [5.74, 6) is 1.31. The van der Waals surface area contributed by atoms with Crippen LogP contribution in [0.3, 0.4) is 0 Å². The first-order valence-corrected chi connectivity index (χ1v) is 10.5. The minimum absolute atomic E-state index is 0.0160. The van der Waals surface area contributed by atoms with Crippen molar-refractivity contribution < 1.29 is 14.4 Å². The maximum absolute atomic E-state index is 12.8. The number of hydrogen-bond donors (Lipinski definition) is 1. The lowest BCUT2D eigenvalue weighted by Crippen LogP contribution is -2.57. The Hall–Kier alpha value is -1.63. The summed E-state index contributed by atoms with van der Waals surface area (Å²) in [6.45, 7) is 9.81. The second-order valence-electron chi connectivity index (χ2n) is 8.67. The monoisotopic (exact) mass is 378 g/mol. The van der Waals surface area contributed by atoms with E-state index in [9.17, 15) is 14.4 Å². The van der Waals surface area contributed by atoms with Crippen LogP contribution in [0.25, 0.3) is 0 Å². The molecule has 0 radical (unpaired) electrons. The summed E-state index contributed by atoms with van der Waals surface area (Å²) in [6.07, 6.45) is 3.83. The molecule has 1 atom stereocenters. The highest BCUT2D eigenvalue weighted by Gasteiger charge is 2.34. The van der Waals surface area contributed by atoms with Crippen molar-refractivity contribution in [2.75, 3.05) is 45.8 Å². The largest absolute Gasteiger partial charge is 0.353 e. The Morgan fingerprint density at radius 2 is 1.89 bits per heavy atom. The van der Waals surface area contributed by atoms with Crippen LogP contribution < -0.4 is 5.32 Å². The van der Waals surface area contributed by atoms with Gasteiger partial charge in [-0.25, -0.2) is 0 Å². The smallest absolute Gasteiger partial charge is 0.237 e. The Kier molecular flexibility index (Phi) is 6.73. The van der Waals surface area contributed by atoms with Crippen LogP contribution in [0.1, 0.15) is 46.0 Å². The van der Waals surface area contributed by atoms with Crippen molar-refractivity contribution in [1.82, 2.24) is 20.0 Å². The Morgan fingerprint density at radius 1 is 1.15 bits per heavy atom. The molecule has 3 aliphatic heterocycles. The molecular weight excluding hydrogens is 344 g/mol. The quantitative estimate of drug-likeness (QED) is 0.738. The summed E-state index contributed by atoms with van der Waals surface area (Å²) in [5.41, 5.74) is 0. The lowest BCUT2D eigenvalue weighted by Gasteiger charge is -2.38. The predicted molar refractivity (Wildman–Crippen MR) is 103 cm³/mol. The molecule has 3 fully saturated rings. The van der Waals surface area contributed by atoms with Gasteiger partial charge in [-0.1, -0.05) is 13.8 Å². The van der Waals surface area contributed by atoms with Gasteiger partial charge in [-0.2, -0.15) is 0 Å². The number of piperazine rings is 1. The van der Waals surface area contributed by atoms with Crippen LogP contribution >= 0.6 is 0 Å². The van der Waals surface area contributed by atoms with Crippen LogP contribution in [0, 0.1) is 11.8 Å². The zero-order valence-corrected chi connectivity index (χ0v) is 16.8. The van der Waals surface area contributed by atoms with Crippen molar-refractivity contribution in [3.63, 3.8) is 0 Å². The average Bonchev–Trinajstić information content (AvgIpc) is 3.03. The molecule has 0 aromatic heterocycles. The topological polar surface area (TPSA) is 73.0 Å². The van der Waals surface area contributed by atoms with Gasteiger partial charge in [0.1, 0.15) is 0 Å². The summed E-state index contributed by atoms with van der Waals surface area (Å²) in [5, 5.41) is 2.91. The molecule has 1 N–H and O–H groups in total. The maximum Gasteiger partial charge on any atom is 0.237 e. The number of piperidine rings is 1. The number of nitrogens with zero attached hydrogens (tertiary/aromatic N) is 3. The third-order valence-electron chi connectivity index (χ3n) is 6.03. The van der Waals surface area contributed by atoms with Crippen LogP contribution in [0.5, 0.6) is 0 Å². The minimum atomic E-state index is -0.339. The van der Waals surface area contributed by atoms with Crippen molar-refractivity contribution in [2.24, 2.45) is 11.8 Å². The van der Waals surface area contributed by atoms with Gasteiger partial charge in [0.15, 0.2) is 0 Å². The van der Waals surface area contributed by atoms with Crippen molar-refractivity contribution >= 4 is 17.7 Å². The molecule has 0 bridgehead atoms. The zero-order valence-electron chi connectivity index (χ0n) is 16.8. The summed E-state index contributed by atoms with van der Waals surface area (Å²) in [6, 6.07) is -0.339. The van der Waals surface area contributed by atoms with E-state index in [1.54, 1.807) is 0 Å². The van der Waals surface area contributed by atoms with E-state index in [-0.39, 0.29) is 30.2 Å². The van der Waals surface area contributed by atoms with Crippen LogP contribution in [0.2, 0.25) is 0 Å². The number of carbonyl (C=O) groups excluding carboxylic acids is 3. The number of likely N-dealkylation sites (tertiary alicyclic amines) is 2. The molecule has 0 saturated carbocycles. The summed E-state index contributed by atoms with van der Waals surface area (Å²) in [4.78, 5) is 43.0. The lowest BCUT2D eigenvalue weighted by molar-refractivity contribution is -0.140. The molecule has 3 aliphatic rings. The van der Waals surface area contributed by atoms with E-state index in [2.05, 4.69) is 24.1 Å². The first-order valence-electron chi connectivity index (χ1n) is 10.5. The van der Waals surface area contributed by atoms with Crippen molar-refractivity contribution in [1.29, 1.82) is 0 Å². The summed E-state index contributed by atoms with van der Waals surface area (Å²) in [7, 11) is 0. The number of amides is 3. The van der Waals surface area contributed by atoms with E-state index < -0.39 is 0 Å². The molecule has 0 aromatic carbocycles. The van der Waals surface area contributed by atoms with E-state index in [1.807, 2.05) is 9.80 Å². The van der Waals surface area contributed by atoms with E-state index in [1.165, 1.54) is 0 Å². The number of rotatable bonds is 6. The van der Waals surface area contributed by atoms with E-state index >= 15 is 0 Å². The molecule has 27 heavy (non-hydrogen) atoms.